The van der Waals surface area contributed by atoms with E-state index in [1.165, 1.54) is 19.3 Å². The van der Waals surface area contributed by atoms with Crippen LogP contribution in [0, 0.1) is 5.41 Å². The third-order valence-electron chi connectivity index (χ3n) is 3.95. The molecule has 2 fully saturated rings. The van der Waals surface area contributed by atoms with Crippen molar-refractivity contribution in [2.45, 2.75) is 51.0 Å². The molecule has 0 aromatic carbocycles. The molecule has 92 valence electrons. The molecule has 2 amide bonds. The Kier molecular flexibility index (Phi) is 3.69. The topological polar surface area (TPSA) is 67.1 Å². The second kappa shape index (κ2) is 5.04. The van der Waals surface area contributed by atoms with Gasteiger partial charge in [-0.3, -0.25) is 0 Å². The third-order valence-corrected chi connectivity index (χ3v) is 3.95. The minimum atomic E-state index is -0.00775. The summed E-state index contributed by atoms with van der Waals surface area (Å²) in [5.74, 6) is 0. The van der Waals surface area contributed by atoms with Crippen molar-refractivity contribution >= 4 is 6.03 Å². The molecule has 2 aliphatic carbocycles. The molecular weight excluding hydrogens is 202 g/mol. The summed E-state index contributed by atoms with van der Waals surface area (Å²) >= 11 is 0. The Morgan fingerprint density at radius 3 is 2.50 bits per heavy atom. The number of carbonyl (C=O) groups is 1. The molecule has 0 aromatic rings. The minimum Gasteiger partial charge on any atom is -0.338 e. The standard InChI is InChI=1S/C12H23N3O/c13-8-12(6-7-12)9-14-11(16)15-10-4-2-1-3-5-10/h10H,1-9,13H2,(H2,14,15,16). The lowest BCUT2D eigenvalue weighted by Crippen LogP contribution is -2.45. The van der Waals surface area contributed by atoms with E-state index in [0.29, 0.717) is 12.6 Å². The van der Waals surface area contributed by atoms with Crippen molar-refractivity contribution in [3.63, 3.8) is 0 Å². The van der Waals surface area contributed by atoms with Gasteiger partial charge in [-0.1, -0.05) is 19.3 Å². The molecule has 0 atom stereocenters. The Morgan fingerprint density at radius 2 is 1.94 bits per heavy atom. The van der Waals surface area contributed by atoms with Gasteiger partial charge in [0.25, 0.3) is 0 Å². The molecule has 0 unspecified atom stereocenters. The number of nitrogens with two attached hydrogens (primary N) is 1. The number of hydrogen-bond acceptors (Lipinski definition) is 2. The first kappa shape index (κ1) is 11.7. The number of urea groups is 1. The molecule has 2 saturated carbocycles. The van der Waals surface area contributed by atoms with Gasteiger partial charge >= 0.3 is 6.03 Å². The molecule has 0 saturated heterocycles. The summed E-state index contributed by atoms with van der Waals surface area (Å²) in [5.41, 5.74) is 5.89. The lowest BCUT2D eigenvalue weighted by molar-refractivity contribution is 0.230. The maximum Gasteiger partial charge on any atom is 0.315 e. The van der Waals surface area contributed by atoms with Crippen molar-refractivity contribution in [2.24, 2.45) is 11.1 Å². The van der Waals surface area contributed by atoms with E-state index in [4.69, 9.17) is 5.73 Å². The van der Waals surface area contributed by atoms with Crippen LogP contribution in [-0.2, 0) is 0 Å². The van der Waals surface area contributed by atoms with Crippen molar-refractivity contribution < 1.29 is 4.79 Å². The molecule has 2 rings (SSSR count). The van der Waals surface area contributed by atoms with E-state index >= 15 is 0 Å². The first-order chi connectivity index (χ1) is 7.74. The molecule has 16 heavy (non-hydrogen) atoms. The Balaban J connectivity index is 1.64. The molecule has 0 bridgehead atoms. The molecule has 2 aliphatic rings. The van der Waals surface area contributed by atoms with Crippen LogP contribution in [0.2, 0.25) is 0 Å². The number of carbonyl (C=O) groups excluding carboxylic acids is 1. The lowest BCUT2D eigenvalue weighted by Gasteiger charge is -2.23. The highest BCUT2D eigenvalue weighted by Gasteiger charge is 2.41. The summed E-state index contributed by atoms with van der Waals surface area (Å²) in [5, 5.41) is 6.01. The van der Waals surface area contributed by atoms with Gasteiger partial charge in [0, 0.05) is 18.0 Å². The van der Waals surface area contributed by atoms with E-state index in [-0.39, 0.29) is 11.4 Å². The largest absolute Gasteiger partial charge is 0.338 e. The average molecular weight is 225 g/mol. The number of nitrogens with one attached hydrogen (secondary N) is 2. The van der Waals surface area contributed by atoms with Crippen LogP contribution in [0.4, 0.5) is 4.79 Å². The Hall–Kier alpha value is -0.770. The van der Waals surface area contributed by atoms with Crippen molar-refractivity contribution in [1.29, 1.82) is 0 Å². The fourth-order valence-corrected chi connectivity index (χ4v) is 2.38. The van der Waals surface area contributed by atoms with Gasteiger partial charge in [0.05, 0.1) is 0 Å². The summed E-state index contributed by atoms with van der Waals surface area (Å²) in [4.78, 5) is 11.6. The second-order valence-electron chi connectivity index (χ2n) is 5.37. The zero-order chi connectivity index (χ0) is 11.4. The van der Waals surface area contributed by atoms with Crippen molar-refractivity contribution in [1.82, 2.24) is 10.6 Å². The molecule has 4 nitrogen and oxygen atoms in total. The molecule has 0 radical (unpaired) electrons. The summed E-state index contributed by atoms with van der Waals surface area (Å²) in [7, 11) is 0. The van der Waals surface area contributed by atoms with Gasteiger partial charge in [-0.25, -0.2) is 4.79 Å². The quantitative estimate of drug-likeness (QED) is 0.676. The average Bonchev–Trinajstić information content (AvgIpc) is 3.09. The fourth-order valence-electron chi connectivity index (χ4n) is 2.38. The van der Waals surface area contributed by atoms with Crippen LogP contribution in [0.15, 0.2) is 0 Å². The Morgan fingerprint density at radius 1 is 1.25 bits per heavy atom. The summed E-state index contributed by atoms with van der Waals surface area (Å²) in [6, 6.07) is 0.383. The predicted octanol–water partition coefficient (Wildman–Crippen LogP) is 1.36. The maximum absolute atomic E-state index is 11.6. The molecule has 0 spiro atoms. The third kappa shape index (κ3) is 3.11. The molecular formula is C12H23N3O. The predicted molar refractivity (Wildman–Crippen MR) is 64.1 cm³/mol. The summed E-state index contributed by atoms with van der Waals surface area (Å²) in [6.07, 6.45) is 8.40. The lowest BCUT2D eigenvalue weighted by atomic mass is 9.96. The Labute approximate surface area is 97.3 Å². The van der Waals surface area contributed by atoms with Gasteiger partial charge in [0.2, 0.25) is 0 Å². The minimum absolute atomic E-state index is 0.00775. The molecule has 0 aromatic heterocycles. The van der Waals surface area contributed by atoms with Crippen LogP contribution < -0.4 is 16.4 Å². The second-order valence-corrected chi connectivity index (χ2v) is 5.37. The highest BCUT2D eigenvalue weighted by molar-refractivity contribution is 5.74. The van der Waals surface area contributed by atoms with Crippen LogP contribution >= 0.6 is 0 Å². The van der Waals surface area contributed by atoms with Gasteiger partial charge in [-0.2, -0.15) is 0 Å². The normalized spacial score (nSPS) is 23.8. The van der Waals surface area contributed by atoms with Crippen molar-refractivity contribution in [3.8, 4) is 0 Å². The highest BCUT2D eigenvalue weighted by Crippen LogP contribution is 2.43. The summed E-state index contributed by atoms with van der Waals surface area (Å²) in [6.45, 7) is 1.43. The van der Waals surface area contributed by atoms with E-state index in [2.05, 4.69) is 10.6 Å². The van der Waals surface area contributed by atoms with Crippen LogP contribution in [0.5, 0.6) is 0 Å². The van der Waals surface area contributed by atoms with E-state index < -0.39 is 0 Å². The maximum atomic E-state index is 11.6. The fraction of sp³-hybridized carbons (Fsp3) is 0.917. The molecule has 4 N–H and O–H groups in total. The Bertz CT molecular complexity index is 245. The molecule has 0 aliphatic heterocycles. The van der Waals surface area contributed by atoms with E-state index in [0.717, 1.165) is 32.2 Å². The van der Waals surface area contributed by atoms with Gasteiger partial charge < -0.3 is 16.4 Å². The SMILES string of the molecule is NCC1(CNC(=O)NC2CCCCC2)CC1. The van der Waals surface area contributed by atoms with Gasteiger partial charge in [0.15, 0.2) is 0 Å². The summed E-state index contributed by atoms with van der Waals surface area (Å²) < 4.78 is 0. The number of amides is 2. The zero-order valence-electron chi connectivity index (χ0n) is 9.93. The highest BCUT2D eigenvalue weighted by atomic mass is 16.2. The van der Waals surface area contributed by atoms with Gasteiger partial charge in [-0.05, 0) is 32.2 Å². The smallest absolute Gasteiger partial charge is 0.315 e. The number of hydrogen-bond donors (Lipinski definition) is 3. The van der Waals surface area contributed by atoms with Gasteiger partial charge in [0.1, 0.15) is 0 Å². The first-order valence-electron chi connectivity index (χ1n) is 6.49. The van der Waals surface area contributed by atoms with Gasteiger partial charge in [-0.15, -0.1) is 0 Å². The van der Waals surface area contributed by atoms with E-state index in [9.17, 15) is 4.79 Å². The molecule has 0 heterocycles. The van der Waals surface area contributed by atoms with Crippen molar-refractivity contribution in [3.05, 3.63) is 0 Å². The van der Waals surface area contributed by atoms with Crippen LogP contribution in [0.3, 0.4) is 0 Å². The molecule has 4 heteroatoms. The van der Waals surface area contributed by atoms with E-state index in [1.807, 2.05) is 0 Å². The monoisotopic (exact) mass is 225 g/mol. The van der Waals surface area contributed by atoms with Crippen LogP contribution in [0.25, 0.3) is 0 Å². The zero-order valence-corrected chi connectivity index (χ0v) is 9.93. The van der Waals surface area contributed by atoms with Crippen LogP contribution in [0.1, 0.15) is 44.9 Å². The van der Waals surface area contributed by atoms with Crippen molar-refractivity contribution in [2.75, 3.05) is 13.1 Å². The van der Waals surface area contributed by atoms with E-state index in [1.54, 1.807) is 0 Å². The first-order valence-corrected chi connectivity index (χ1v) is 6.49. The van der Waals surface area contributed by atoms with Crippen LogP contribution in [-0.4, -0.2) is 25.2 Å². The number of rotatable bonds is 4.